The Morgan fingerprint density at radius 2 is 0.957 bits per heavy atom. The number of ketones is 2. The van der Waals surface area contributed by atoms with Crippen LogP contribution in [0.5, 0.6) is 0 Å². The minimum atomic E-state index is -4.56. The highest BCUT2D eigenvalue weighted by Crippen LogP contribution is 2.43. The number of aliphatic hydroxyl groups excluding tert-OH is 1. The number of hydrogen-bond donors (Lipinski definition) is 3. The number of nitrogens with zero attached hydrogens (tertiary/aromatic N) is 1. The van der Waals surface area contributed by atoms with Crippen LogP contribution in [-0.4, -0.2) is 83.8 Å². The van der Waals surface area contributed by atoms with Gasteiger partial charge in [0.05, 0.1) is 27.7 Å². The van der Waals surface area contributed by atoms with Gasteiger partial charge in [-0.05, 0) is 12.8 Å². The van der Waals surface area contributed by atoms with Crippen LogP contribution in [0.4, 0.5) is 0 Å². The third kappa shape index (κ3) is 23.6. The molecule has 0 aliphatic rings. The number of unbranched alkanes of at least 4 members (excludes halogenated alkanes) is 20. The van der Waals surface area contributed by atoms with E-state index >= 15 is 0 Å². The lowest BCUT2D eigenvalue weighted by molar-refractivity contribution is -0.870. The summed E-state index contributed by atoms with van der Waals surface area (Å²) in [7, 11) is 1.14. The van der Waals surface area contributed by atoms with E-state index in [1.54, 1.807) is 0 Å². The predicted octanol–water partition coefficient (Wildman–Crippen LogP) is 8.46. The molecule has 0 aromatic carbocycles. The second-order valence-corrected chi connectivity index (χ2v) is 15.8. The summed E-state index contributed by atoms with van der Waals surface area (Å²) >= 11 is 0. The first-order valence-electron chi connectivity index (χ1n) is 18.7. The van der Waals surface area contributed by atoms with Crippen molar-refractivity contribution in [2.24, 2.45) is 0 Å². The fourth-order valence-electron chi connectivity index (χ4n) is 5.56. The van der Waals surface area contributed by atoms with Crippen LogP contribution in [0, 0.1) is 0 Å². The highest BCUT2D eigenvalue weighted by Gasteiger charge is 2.49. The van der Waals surface area contributed by atoms with Crippen molar-refractivity contribution in [2.45, 2.75) is 180 Å². The normalized spacial score (nSPS) is 14.3. The van der Waals surface area contributed by atoms with Crippen LogP contribution in [0.25, 0.3) is 0 Å². The number of hydrogen-bond acceptors (Lipinski definition) is 7. The molecule has 0 aromatic rings. The van der Waals surface area contributed by atoms with Crippen molar-refractivity contribution in [2.75, 3.05) is 40.9 Å². The average Bonchev–Trinajstić information content (AvgIpc) is 2.99. The lowest BCUT2D eigenvalue weighted by atomic mass is 9.82. The van der Waals surface area contributed by atoms with Crippen molar-refractivity contribution in [1.82, 2.24) is 0 Å². The zero-order chi connectivity index (χ0) is 34.7. The minimum Gasteiger partial charge on any atom is -0.387 e. The van der Waals surface area contributed by atoms with Gasteiger partial charge in [-0.2, -0.15) is 0 Å². The van der Waals surface area contributed by atoms with Crippen LogP contribution in [0.15, 0.2) is 0 Å². The summed E-state index contributed by atoms with van der Waals surface area (Å²) in [6.45, 7) is 3.94. The summed E-state index contributed by atoms with van der Waals surface area (Å²) in [5.41, 5.74) is -2.68. The molecular weight excluding hydrogens is 605 g/mol. The van der Waals surface area contributed by atoms with E-state index in [-0.39, 0.29) is 19.4 Å². The van der Waals surface area contributed by atoms with Crippen LogP contribution in [-0.2, 0) is 23.2 Å². The topological polar surface area (TPSA) is 130 Å². The number of Topliss-reactive ketones (excluding diaryl/α,β-unsaturated/α-hetero) is 2. The van der Waals surface area contributed by atoms with E-state index in [4.69, 9.17) is 9.05 Å². The Bertz CT molecular complexity index is 778. The van der Waals surface area contributed by atoms with Crippen LogP contribution < -0.4 is 0 Å². The summed E-state index contributed by atoms with van der Waals surface area (Å²) in [5.74, 6) is -1.52. The van der Waals surface area contributed by atoms with E-state index in [1.165, 1.54) is 77.0 Å². The molecule has 0 bridgehead atoms. The smallest absolute Gasteiger partial charge is 0.387 e. The number of phosphoric acid groups is 1. The van der Waals surface area contributed by atoms with E-state index in [0.717, 1.165) is 51.4 Å². The summed E-state index contributed by atoms with van der Waals surface area (Å²) in [6.07, 6.45) is 22.2. The van der Waals surface area contributed by atoms with Crippen LogP contribution >= 0.6 is 7.82 Å². The van der Waals surface area contributed by atoms with Crippen LogP contribution in [0.2, 0.25) is 0 Å². The number of aliphatic hydroxyl groups is 2. The maximum atomic E-state index is 13.3. The Kier molecular flexibility index (Phi) is 26.8. The Labute approximate surface area is 282 Å². The fraction of sp³-hybridized carbons (Fsp3) is 0.944. The monoisotopic (exact) mass is 679 g/mol. The molecule has 0 rings (SSSR count). The number of likely N-dealkylation sites (N-methyl/N-ethyl adjacent to an activating group) is 1. The molecule has 0 aromatic heterocycles. The maximum absolute atomic E-state index is 13.3. The standard InChI is InChI=1S/C36H72NO8P/c1-6-8-10-12-14-16-18-20-22-24-26-28-33(38)36(41,35(40)32-45-46(42,43)44-31-30-37(3,4)5)34(39)29-27-25-23-21-19-17-15-13-11-9-7-2/h35,40-41H,6-32H2,1-5H3/p+1/t35-/m0/s1. The van der Waals surface area contributed by atoms with Gasteiger partial charge in [0, 0.05) is 12.8 Å². The summed E-state index contributed by atoms with van der Waals surface area (Å²) < 4.78 is 22.8. The molecule has 0 saturated carbocycles. The van der Waals surface area contributed by atoms with Crippen molar-refractivity contribution in [3.05, 3.63) is 0 Å². The SMILES string of the molecule is CCCCCCCCCCCCCC(=O)C(O)(C(=O)CCCCCCCCCCCCC)[C@@H](O)COP(=O)(O)OCC[N+](C)(C)C. The molecule has 0 amide bonds. The van der Waals surface area contributed by atoms with Gasteiger partial charge in [-0.25, -0.2) is 4.57 Å². The Balaban J connectivity index is 4.88. The van der Waals surface area contributed by atoms with Crippen molar-refractivity contribution >= 4 is 19.4 Å². The summed E-state index contributed by atoms with van der Waals surface area (Å²) in [6, 6.07) is 0. The molecule has 0 heterocycles. The molecule has 10 heteroatoms. The first kappa shape index (κ1) is 45.3. The second-order valence-electron chi connectivity index (χ2n) is 14.3. The molecule has 9 nitrogen and oxygen atoms in total. The Hall–Kier alpha value is -0.670. The number of carbonyl (C=O) groups excluding carboxylic acids is 2. The van der Waals surface area contributed by atoms with Gasteiger partial charge < -0.3 is 19.6 Å². The number of phosphoric ester groups is 1. The number of rotatable bonds is 34. The molecule has 0 saturated heterocycles. The molecule has 3 N–H and O–H groups in total. The summed E-state index contributed by atoms with van der Waals surface area (Å²) in [5, 5.41) is 22.2. The zero-order valence-corrected chi connectivity index (χ0v) is 31.3. The highest BCUT2D eigenvalue weighted by molar-refractivity contribution is 7.47. The van der Waals surface area contributed by atoms with Crippen molar-refractivity contribution in [3.8, 4) is 0 Å². The predicted molar refractivity (Wildman–Crippen MR) is 188 cm³/mol. The van der Waals surface area contributed by atoms with E-state index < -0.39 is 37.7 Å². The van der Waals surface area contributed by atoms with Crippen molar-refractivity contribution in [3.63, 3.8) is 0 Å². The van der Waals surface area contributed by atoms with Crippen molar-refractivity contribution in [1.29, 1.82) is 0 Å². The van der Waals surface area contributed by atoms with Gasteiger partial charge in [0.1, 0.15) is 19.3 Å². The lowest BCUT2D eigenvalue weighted by Gasteiger charge is -2.30. The fourth-order valence-corrected chi connectivity index (χ4v) is 6.28. The molecule has 0 fully saturated rings. The quantitative estimate of drug-likeness (QED) is 0.0268. The zero-order valence-electron chi connectivity index (χ0n) is 30.4. The van der Waals surface area contributed by atoms with Crippen LogP contribution in [0.1, 0.15) is 168 Å². The molecule has 274 valence electrons. The third-order valence-corrected chi connectivity index (χ3v) is 9.74. The van der Waals surface area contributed by atoms with E-state index in [0.29, 0.717) is 23.9 Å². The van der Waals surface area contributed by atoms with Gasteiger partial charge in [-0.3, -0.25) is 18.6 Å². The molecular formula is C36H73NO8P+. The first-order valence-corrected chi connectivity index (χ1v) is 20.2. The molecule has 0 aliphatic heterocycles. The lowest BCUT2D eigenvalue weighted by Crippen LogP contribution is -2.57. The Morgan fingerprint density at radius 1 is 0.630 bits per heavy atom. The van der Waals surface area contributed by atoms with E-state index in [1.807, 2.05) is 21.1 Å². The largest absolute Gasteiger partial charge is 0.472 e. The highest BCUT2D eigenvalue weighted by atomic mass is 31.2. The van der Waals surface area contributed by atoms with E-state index in [2.05, 4.69) is 13.8 Å². The minimum absolute atomic E-state index is 0.0502. The van der Waals surface area contributed by atoms with Gasteiger partial charge in [-0.1, -0.05) is 142 Å². The molecule has 0 aliphatic carbocycles. The van der Waals surface area contributed by atoms with Crippen LogP contribution in [0.3, 0.4) is 0 Å². The second kappa shape index (κ2) is 27.2. The van der Waals surface area contributed by atoms with Gasteiger partial charge in [0.2, 0.25) is 5.60 Å². The van der Waals surface area contributed by atoms with Gasteiger partial charge in [0.15, 0.2) is 11.6 Å². The molecule has 0 spiro atoms. The Morgan fingerprint density at radius 3 is 1.28 bits per heavy atom. The maximum Gasteiger partial charge on any atom is 0.472 e. The number of quaternary nitrogens is 1. The molecule has 46 heavy (non-hydrogen) atoms. The van der Waals surface area contributed by atoms with Crippen molar-refractivity contribution < 1.29 is 42.8 Å². The molecule has 2 atom stereocenters. The number of carbonyl (C=O) groups is 2. The summed E-state index contributed by atoms with van der Waals surface area (Å²) in [4.78, 5) is 36.6. The van der Waals surface area contributed by atoms with Gasteiger partial charge in [0.25, 0.3) is 0 Å². The average molecular weight is 679 g/mol. The third-order valence-electron chi connectivity index (χ3n) is 8.76. The molecule has 1 unspecified atom stereocenters. The van der Waals surface area contributed by atoms with Gasteiger partial charge >= 0.3 is 7.82 Å². The van der Waals surface area contributed by atoms with Gasteiger partial charge in [-0.15, -0.1) is 0 Å². The molecule has 0 radical (unpaired) electrons. The van der Waals surface area contributed by atoms with E-state index in [9.17, 15) is 29.3 Å². The first-order chi connectivity index (χ1) is 21.8.